The number of nitrogens with zero attached hydrogens (tertiary/aromatic N) is 5. The van der Waals surface area contributed by atoms with Gasteiger partial charge in [0.1, 0.15) is 12.0 Å². The molecule has 2 N–H and O–H groups in total. The number of aromatic amines is 1. The maximum absolute atomic E-state index is 14.2. The van der Waals surface area contributed by atoms with E-state index in [1.807, 2.05) is 0 Å². The number of H-pyrrole nitrogens is 1. The van der Waals surface area contributed by atoms with Crippen molar-refractivity contribution in [2.24, 2.45) is 5.92 Å². The lowest BCUT2D eigenvalue weighted by Gasteiger charge is -2.15. The summed E-state index contributed by atoms with van der Waals surface area (Å²) in [5.41, 5.74) is 1.85. The molecule has 0 aromatic carbocycles. The maximum atomic E-state index is 14.2. The molecule has 0 amide bonds. The summed E-state index contributed by atoms with van der Waals surface area (Å²) in [5.74, 6) is -3.69. The molecule has 1 aliphatic carbocycles. The Hall–Kier alpha value is -3.17. The Morgan fingerprint density at radius 2 is 2.15 bits per heavy atom. The van der Waals surface area contributed by atoms with Gasteiger partial charge in [-0.15, -0.1) is 0 Å². The highest BCUT2D eigenvalue weighted by molar-refractivity contribution is 5.93. The second kappa shape index (κ2) is 5.66. The topological polar surface area (TPSA) is 83.8 Å². The highest BCUT2D eigenvalue weighted by Gasteiger charge is 2.46. The molecular formula is C17H14F3N7. The first-order valence-corrected chi connectivity index (χ1v) is 8.46. The minimum atomic E-state index is -2.76. The monoisotopic (exact) mass is 373 g/mol. The highest BCUT2D eigenvalue weighted by Crippen LogP contribution is 2.43. The van der Waals surface area contributed by atoms with Gasteiger partial charge in [-0.1, -0.05) is 0 Å². The predicted octanol–water partition coefficient (Wildman–Crippen LogP) is 3.26. The Labute approximate surface area is 150 Å². The van der Waals surface area contributed by atoms with E-state index in [1.54, 1.807) is 12.4 Å². The van der Waals surface area contributed by atoms with E-state index in [0.717, 1.165) is 0 Å². The van der Waals surface area contributed by atoms with Crippen LogP contribution in [0.15, 0.2) is 31.0 Å². The average Bonchev–Trinajstić information content (AvgIpc) is 3.27. The second-order valence-electron chi connectivity index (χ2n) is 6.65. The van der Waals surface area contributed by atoms with Gasteiger partial charge in [-0.3, -0.25) is 0 Å². The third-order valence-corrected chi connectivity index (χ3v) is 4.73. The van der Waals surface area contributed by atoms with Crippen molar-refractivity contribution in [1.82, 2.24) is 29.5 Å². The van der Waals surface area contributed by atoms with Crippen LogP contribution in [0.3, 0.4) is 0 Å². The molecule has 0 unspecified atom stereocenters. The largest absolute Gasteiger partial charge is 0.348 e. The normalized spacial score (nSPS) is 14.9. The van der Waals surface area contributed by atoms with Gasteiger partial charge in [0.05, 0.1) is 6.54 Å². The lowest BCUT2D eigenvalue weighted by Crippen LogP contribution is -2.29. The van der Waals surface area contributed by atoms with Crippen LogP contribution in [0.5, 0.6) is 0 Å². The summed E-state index contributed by atoms with van der Waals surface area (Å²) < 4.78 is 43.1. The molecule has 10 heteroatoms. The molecule has 27 heavy (non-hydrogen) atoms. The number of nitrogens with one attached hydrogen (secondary N) is 2. The third kappa shape index (κ3) is 2.77. The number of hydrogen-bond donors (Lipinski definition) is 2. The molecule has 0 bridgehead atoms. The van der Waals surface area contributed by atoms with Crippen LogP contribution < -0.4 is 5.32 Å². The zero-order chi connectivity index (χ0) is 18.6. The maximum Gasteiger partial charge on any atom is 0.267 e. The van der Waals surface area contributed by atoms with E-state index in [0.29, 0.717) is 35.0 Å². The molecule has 0 aliphatic heterocycles. The van der Waals surface area contributed by atoms with Crippen LogP contribution in [0.1, 0.15) is 12.8 Å². The number of halogens is 3. The van der Waals surface area contributed by atoms with Gasteiger partial charge in [0, 0.05) is 41.0 Å². The summed E-state index contributed by atoms with van der Waals surface area (Å²) in [6.07, 6.45) is 7.23. The van der Waals surface area contributed by atoms with Crippen molar-refractivity contribution in [3.05, 3.63) is 36.8 Å². The van der Waals surface area contributed by atoms with Crippen LogP contribution in [-0.2, 0) is 0 Å². The van der Waals surface area contributed by atoms with Crippen molar-refractivity contribution < 1.29 is 13.2 Å². The minimum absolute atomic E-state index is 0.120. The molecule has 0 saturated heterocycles. The van der Waals surface area contributed by atoms with Crippen molar-refractivity contribution in [3.8, 4) is 11.1 Å². The van der Waals surface area contributed by atoms with Crippen molar-refractivity contribution >= 4 is 22.6 Å². The van der Waals surface area contributed by atoms with E-state index in [1.165, 1.54) is 23.1 Å². The number of aromatic nitrogens is 6. The number of anilines is 1. The van der Waals surface area contributed by atoms with E-state index < -0.39 is 24.2 Å². The number of alkyl halides is 2. The molecule has 7 nitrogen and oxygen atoms in total. The summed E-state index contributed by atoms with van der Waals surface area (Å²) in [6, 6.07) is 1.36. The molecule has 4 aromatic heterocycles. The van der Waals surface area contributed by atoms with Gasteiger partial charge in [-0.05, 0) is 18.9 Å². The summed E-state index contributed by atoms with van der Waals surface area (Å²) in [6.45, 7) is -0.495. The van der Waals surface area contributed by atoms with Gasteiger partial charge in [0.2, 0.25) is 5.95 Å². The van der Waals surface area contributed by atoms with Crippen molar-refractivity contribution in [1.29, 1.82) is 0 Å². The van der Waals surface area contributed by atoms with Gasteiger partial charge in [0.25, 0.3) is 5.92 Å². The Kier molecular flexibility index (Phi) is 3.36. The molecule has 4 aromatic rings. The Morgan fingerprint density at radius 3 is 2.96 bits per heavy atom. The fraction of sp³-hybridized carbons (Fsp3) is 0.294. The molecule has 1 saturated carbocycles. The van der Waals surface area contributed by atoms with Gasteiger partial charge in [-0.25, -0.2) is 27.7 Å². The second-order valence-corrected chi connectivity index (χ2v) is 6.65. The Balaban J connectivity index is 1.46. The van der Waals surface area contributed by atoms with Gasteiger partial charge in [0.15, 0.2) is 11.5 Å². The molecule has 0 radical (unpaired) electrons. The average molecular weight is 373 g/mol. The molecule has 1 aliphatic rings. The standard InChI is InChI=1S/C17H14F3N7/c18-13-3-9(6-27-15(13)24-8-25-27)11-4-21-14-12(11)5-22-16(26-14)23-7-17(19,20)10-1-2-10/h3-6,8,10H,1-2,7H2,(H2,21,22,23,26). The first-order chi connectivity index (χ1) is 13.0. The van der Waals surface area contributed by atoms with Crippen LogP contribution >= 0.6 is 0 Å². The number of fused-ring (bicyclic) bond motifs is 2. The summed E-state index contributed by atoms with van der Waals surface area (Å²) >= 11 is 0. The van der Waals surface area contributed by atoms with Crippen LogP contribution in [0.4, 0.5) is 19.1 Å². The van der Waals surface area contributed by atoms with Crippen LogP contribution in [0.2, 0.25) is 0 Å². The fourth-order valence-electron chi connectivity index (χ4n) is 3.11. The molecule has 0 atom stereocenters. The van der Waals surface area contributed by atoms with E-state index in [-0.39, 0.29) is 11.6 Å². The number of rotatable bonds is 5. The summed E-state index contributed by atoms with van der Waals surface area (Å²) in [4.78, 5) is 15.2. The van der Waals surface area contributed by atoms with E-state index in [2.05, 4.69) is 30.4 Å². The van der Waals surface area contributed by atoms with Crippen molar-refractivity contribution in [3.63, 3.8) is 0 Å². The van der Waals surface area contributed by atoms with E-state index in [9.17, 15) is 13.2 Å². The number of hydrogen-bond acceptors (Lipinski definition) is 5. The fourth-order valence-corrected chi connectivity index (χ4v) is 3.11. The summed E-state index contributed by atoms with van der Waals surface area (Å²) in [5, 5.41) is 7.20. The van der Waals surface area contributed by atoms with E-state index >= 15 is 0 Å². The summed E-state index contributed by atoms with van der Waals surface area (Å²) in [7, 11) is 0. The molecule has 4 heterocycles. The molecule has 0 spiro atoms. The Bertz CT molecular complexity index is 1150. The molecular weight excluding hydrogens is 359 g/mol. The first-order valence-electron chi connectivity index (χ1n) is 8.46. The van der Waals surface area contributed by atoms with E-state index in [4.69, 9.17) is 0 Å². The van der Waals surface area contributed by atoms with Crippen LogP contribution in [0.25, 0.3) is 27.8 Å². The lowest BCUT2D eigenvalue weighted by atomic mass is 10.1. The van der Waals surface area contributed by atoms with Crippen LogP contribution in [-0.4, -0.2) is 42.0 Å². The third-order valence-electron chi connectivity index (χ3n) is 4.73. The predicted molar refractivity (Wildman–Crippen MR) is 92.0 cm³/mol. The quantitative estimate of drug-likeness (QED) is 0.561. The smallest absolute Gasteiger partial charge is 0.267 e. The lowest BCUT2D eigenvalue weighted by molar-refractivity contribution is -0.00831. The zero-order valence-electron chi connectivity index (χ0n) is 14.0. The molecule has 5 rings (SSSR count). The first kappa shape index (κ1) is 16.0. The zero-order valence-corrected chi connectivity index (χ0v) is 14.0. The Morgan fingerprint density at radius 1 is 1.30 bits per heavy atom. The minimum Gasteiger partial charge on any atom is -0.348 e. The van der Waals surface area contributed by atoms with Gasteiger partial charge >= 0.3 is 0 Å². The number of pyridine rings is 1. The SMILES string of the molecule is Fc1cc(-c2c[nH]c3nc(NCC(F)(F)C4CC4)ncc23)cn2ncnc12. The van der Waals surface area contributed by atoms with Gasteiger partial charge < -0.3 is 10.3 Å². The molecule has 138 valence electrons. The molecule has 1 fully saturated rings. The van der Waals surface area contributed by atoms with Crippen molar-refractivity contribution in [2.75, 3.05) is 11.9 Å². The van der Waals surface area contributed by atoms with Gasteiger partial charge in [-0.2, -0.15) is 10.1 Å². The van der Waals surface area contributed by atoms with Crippen molar-refractivity contribution in [2.45, 2.75) is 18.8 Å². The highest BCUT2D eigenvalue weighted by atomic mass is 19.3. The van der Waals surface area contributed by atoms with Crippen LogP contribution in [0, 0.1) is 11.7 Å².